The number of carbonyl (C=O) groups is 1. The first kappa shape index (κ1) is 28.6. The first-order valence-corrected chi connectivity index (χ1v) is 13.9. The van der Waals surface area contributed by atoms with Crippen molar-refractivity contribution < 1.29 is 9.18 Å². The normalized spacial score (nSPS) is 20.4. The minimum Gasteiger partial charge on any atom is -0.382 e. The zero-order chi connectivity index (χ0) is 28.3. The molecule has 3 atom stereocenters. The maximum absolute atomic E-state index is 14.7. The number of aromatic nitrogens is 1. The van der Waals surface area contributed by atoms with Gasteiger partial charge in [0.2, 0.25) is 0 Å². The van der Waals surface area contributed by atoms with Crippen LogP contribution in [0.3, 0.4) is 0 Å². The molecule has 3 N–H and O–H groups in total. The third kappa shape index (κ3) is 6.77. The number of aryl methyl sites for hydroxylation is 2. The van der Waals surface area contributed by atoms with Crippen molar-refractivity contribution in [3.05, 3.63) is 98.2 Å². The quantitative estimate of drug-likeness (QED) is 0.340. The largest absolute Gasteiger partial charge is 0.382 e. The number of carbonyl (C=O) groups excluding carboxylic acids is 1. The lowest BCUT2D eigenvalue weighted by Gasteiger charge is -2.44. The van der Waals surface area contributed by atoms with Gasteiger partial charge < -0.3 is 15.6 Å². The van der Waals surface area contributed by atoms with Gasteiger partial charge in [0.1, 0.15) is 5.82 Å². The molecule has 0 aliphatic carbocycles. The fourth-order valence-corrected chi connectivity index (χ4v) is 5.98. The average molecular weight is 533 g/mol. The molecule has 1 amide bonds. The molecular formula is C32H41FN4O2. The molecule has 0 spiro atoms. The van der Waals surface area contributed by atoms with Gasteiger partial charge in [0.05, 0.1) is 0 Å². The number of halogens is 1. The molecule has 1 fully saturated rings. The maximum Gasteiger partial charge on any atom is 0.253 e. The van der Waals surface area contributed by atoms with Crippen LogP contribution >= 0.6 is 0 Å². The lowest BCUT2D eigenvalue weighted by Crippen LogP contribution is -2.49. The number of hydrogen-bond donors (Lipinski definition) is 3. The van der Waals surface area contributed by atoms with Gasteiger partial charge in [0.25, 0.3) is 11.5 Å². The summed E-state index contributed by atoms with van der Waals surface area (Å²) < 4.78 is 14.7. The van der Waals surface area contributed by atoms with E-state index in [1.54, 1.807) is 0 Å². The third-order valence-electron chi connectivity index (χ3n) is 8.25. The van der Waals surface area contributed by atoms with Crippen molar-refractivity contribution in [2.75, 3.05) is 5.32 Å². The van der Waals surface area contributed by atoms with Gasteiger partial charge >= 0.3 is 0 Å². The first-order valence-electron chi connectivity index (χ1n) is 13.9. The molecule has 2 aromatic carbocycles. The molecule has 3 aromatic rings. The molecule has 7 heteroatoms. The molecule has 1 aliphatic heterocycles. The molecule has 0 bridgehead atoms. The van der Waals surface area contributed by atoms with Gasteiger partial charge in [-0.05, 0) is 95.2 Å². The van der Waals surface area contributed by atoms with Crippen LogP contribution in [0.2, 0.25) is 0 Å². The second-order valence-electron chi connectivity index (χ2n) is 11.3. The molecule has 208 valence electrons. The minimum absolute atomic E-state index is 0.0761. The second kappa shape index (κ2) is 12.2. The van der Waals surface area contributed by atoms with Crippen molar-refractivity contribution in [2.24, 2.45) is 5.92 Å². The Morgan fingerprint density at radius 2 is 1.74 bits per heavy atom. The van der Waals surface area contributed by atoms with Crippen LogP contribution in [0.4, 0.5) is 10.1 Å². The van der Waals surface area contributed by atoms with E-state index in [4.69, 9.17) is 0 Å². The summed E-state index contributed by atoms with van der Waals surface area (Å²) in [5, 5.41) is 6.33. The summed E-state index contributed by atoms with van der Waals surface area (Å²) in [6.07, 6.45) is 2.08. The molecule has 0 radical (unpaired) electrons. The van der Waals surface area contributed by atoms with Crippen LogP contribution < -0.4 is 16.2 Å². The highest BCUT2D eigenvalue weighted by Crippen LogP contribution is 2.33. The number of anilines is 1. The van der Waals surface area contributed by atoms with E-state index in [0.29, 0.717) is 34.8 Å². The summed E-state index contributed by atoms with van der Waals surface area (Å²) in [5.41, 5.74) is 4.76. The zero-order valence-corrected chi connectivity index (χ0v) is 23.9. The van der Waals surface area contributed by atoms with Crippen LogP contribution in [0.1, 0.15) is 71.9 Å². The number of benzene rings is 2. The fourth-order valence-electron chi connectivity index (χ4n) is 5.98. The molecular weight excluding hydrogens is 491 g/mol. The highest BCUT2D eigenvalue weighted by molar-refractivity contribution is 5.97. The van der Waals surface area contributed by atoms with Gasteiger partial charge in [-0.1, -0.05) is 30.3 Å². The van der Waals surface area contributed by atoms with E-state index in [-0.39, 0.29) is 23.7 Å². The number of nitrogens with zero attached hydrogens (tertiary/aromatic N) is 1. The van der Waals surface area contributed by atoms with Crippen LogP contribution in [0.5, 0.6) is 0 Å². The van der Waals surface area contributed by atoms with Gasteiger partial charge in [-0.3, -0.25) is 14.5 Å². The Morgan fingerprint density at radius 3 is 2.38 bits per heavy atom. The number of H-pyrrole nitrogens is 1. The van der Waals surface area contributed by atoms with E-state index < -0.39 is 11.7 Å². The van der Waals surface area contributed by atoms with Gasteiger partial charge in [-0.15, -0.1) is 0 Å². The number of likely N-dealkylation sites (tertiary alicyclic amines) is 1. The molecule has 1 aromatic heterocycles. The van der Waals surface area contributed by atoms with E-state index >= 15 is 0 Å². The van der Waals surface area contributed by atoms with Crippen molar-refractivity contribution >= 4 is 11.6 Å². The standard InChI is InChI=1S/C32H41FN4O2/c1-19-12-20(2)35-32(39)29(19)17-34-31(38)28-15-27(33)16-30(23(28)5)36-24(6)26-13-21(3)37(22(4)14-26)18-25-10-8-7-9-11-25/h7-12,15-16,21-22,24,26,36H,13-14,17-18H2,1-6H3,(H,34,38)(H,35,39). The van der Waals surface area contributed by atoms with E-state index in [9.17, 15) is 14.0 Å². The number of pyridine rings is 1. The highest BCUT2D eigenvalue weighted by Gasteiger charge is 2.33. The van der Waals surface area contributed by atoms with Crippen molar-refractivity contribution in [1.82, 2.24) is 15.2 Å². The Morgan fingerprint density at radius 1 is 1.08 bits per heavy atom. The average Bonchev–Trinajstić information content (AvgIpc) is 2.87. The Labute approximate surface area is 231 Å². The second-order valence-corrected chi connectivity index (χ2v) is 11.3. The van der Waals surface area contributed by atoms with Gasteiger partial charge in [-0.2, -0.15) is 0 Å². The number of nitrogens with one attached hydrogen (secondary N) is 3. The van der Waals surface area contributed by atoms with Gasteiger partial charge in [-0.25, -0.2) is 4.39 Å². The maximum atomic E-state index is 14.7. The number of amides is 1. The first-order chi connectivity index (χ1) is 18.5. The van der Waals surface area contributed by atoms with Crippen molar-refractivity contribution in [3.63, 3.8) is 0 Å². The summed E-state index contributed by atoms with van der Waals surface area (Å²) in [6, 6.07) is 16.1. The number of rotatable bonds is 8. The van der Waals surface area contributed by atoms with E-state index in [1.807, 2.05) is 32.9 Å². The summed E-state index contributed by atoms with van der Waals surface area (Å²) in [6.45, 7) is 13.2. The predicted octanol–water partition coefficient (Wildman–Crippen LogP) is 5.86. The lowest BCUT2D eigenvalue weighted by molar-refractivity contribution is 0.0583. The van der Waals surface area contributed by atoms with E-state index in [0.717, 1.165) is 30.6 Å². The zero-order valence-electron chi connectivity index (χ0n) is 23.9. The fraction of sp³-hybridized carbons (Fsp3) is 0.438. The Balaban J connectivity index is 1.43. The number of piperidine rings is 1. The van der Waals surface area contributed by atoms with Gasteiger partial charge in [0, 0.05) is 53.7 Å². The Bertz CT molecular complexity index is 1360. The van der Waals surface area contributed by atoms with Crippen molar-refractivity contribution in [3.8, 4) is 0 Å². The van der Waals surface area contributed by atoms with Gasteiger partial charge in [0.15, 0.2) is 0 Å². The van der Waals surface area contributed by atoms with E-state index in [2.05, 4.69) is 65.6 Å². The summed E-state index contributed by atoms with van der Waals surface area (Å²) >= 11 is 0. The molecule has 4 rings (SSSR count). The predicted molar refractivity (Wildman–Crippen MR) is 156 cm³/mol. The van der Waals surface area contributed by atoms with Crippen LogP contribution in [-0.2, 0) is 13.1 Å². The number of aromatic amines is 1. The minimum atomic E-state index is -0.468. The smallest absolute Gasteiger partial charge is 0.253 e. The third-order valence-corrected chi connectivity index (χ3v) is 8.25. The van der Waals surface area contributed by atoms with Crippen molar-refractivity contribution in [1.29, 1.82) is 0 Å². The molecule has 0 saturated carbocycles. The number of hydrogen-bond acceptors (Lipinski definition) is 4. The Hall–Kier alpha value is -3.45. The van der Waals surface area contributed by atoms with Crippen LogP contribution in [0.25, 0.3) is 0 Å². The topological polar surface area (TPSA) is 77.2 Å². The molecule has 1 aliphatic rings. The van der Waals surface area contributed by atoms with Crippen LogP contribution in [0, 0.1) is 32.5 Å². The molecule has 6 nitrogen and oxygen atoms in total. The summed E-state index contributed by atoms with van der Waals surface area (Å²) in [4.78, 5) is 30.7. The Kier molecular flexibility index (Phi) is 8.90. The summed E-state index contributed by atoms with van der Waals surface area (Å²) in [7, 11) is 0. The lowest BCUT2D eigenvalue weighted by atomic mass is 9.82. The van der Waals surface area contributed by atoms with Crippen molar-refractivity contribution in [2.45, 2.75) is 85.6 Å². The molecule has 3 unspecified atom stereocenters. The van der Waals surface area contributed by atoms with E-state index in [1.165, 1.54) is 17.7 Å². The highest BCUT2D eigenvalue weighted by atomic mass is 19.1. The molecule has 1 saturated heterocycles. The van der Waals surface area contributed by atoms with Crippen LogP contribution in [-0.4, -0.2) is 33.9 Å². The van der Waals surface area contributed by atoms with Crippen LogP contribution in [0.15, 0.2) is 53.3 Å². The SMILES string of the molecule is Cc1cc(C)c(CNC(=O)c2cc(F)cc(NC(C)C3CC(C)N(Cc4ccccc4)C(C)C3)c2C)c(=O)[nH]1. The molecule has 39 heavy (non-hydrogen) atoms. The monoisotopic (exact) mass is 532 g/mol. The summed E-state index contributed by atoms with van der Waals surface area (Å²) in [5.74, 6) is -0.457. The molecule has 2 heterocycles.